The largest absolute Gasteiger partial charge is 0.395 e. The molecule has 0 aliphatic heterocycles. The van der Waals surface area contributed by atoms with E-state index < -0.39 is 0 Å². The highest BCUT2D eigenvalue weighted by Gasteiger charge is 1.97. The van der Waals surface area contributed by atoms with Gasteiger partial charge in [-0.3, -0.25) is 0 Å². The quantitative estimate of drug-likeness (QED) is 0.0526. The van der Waals surface area contributed by atoms with E-state index in [1.165, 1.54) is 205 Å². The molecule has 0 spiro atoms. The SMILES string of the molecule is CCCCCCCCCCCCCCCCCCOCCCCCCCCCCCCCCCCCC.CCN(C)CCO.C[SH2+]. The topological polar surface area (TPSA) is 32.7 Å². The van der Waals surface area contributed by atoms with Gasteiger partial charge in [-0.25, -0.2) is 0 Å². The second-order valence-corrected chi connectivity index (χ2v) is 13.8. The molecule has 0 fully saturated rings. The van der Waals surface area contributed by atoms with Crippen molar-refractivity contribution in [2.75, 3.05) is 46.2 Å². The van der Waals surface area contributed by atoms with Gasteiger partial charge >= 0.3 is 0 Å². The van der Waals surface area contributed by atoms with Gasteiger partial charge in [-0.05, 0) is 39.1 Å². The van der Waals surface area contributed by atoms with Crippen molar-refractivity contribution in [2.24, 2.45) is 0 Å². The van der Waals surface area contributed by atoms with E-state index in [0.717, 1.165) is 26.3 Å². The van der Waals surface area contributed by atoms with Crippen molar-refractivity contribution in [1.29, 1.82) is 0 Å². The first kappa shape index (κ1) is 50.6. The van der Waals surface area contributed by atoms with Crippen molar-refractivity contribution in [3.63, 3.8) is 0 Å². The highest BCUT2D eigenvalue weighted by Crippen LogP contribution is 2.15. The van der Waals surface area contributed by atoms with Gasteiger partial charge in [0.2, 0.25) is 0 Å². The van der Waals surface area contributed by atoms with Gasteiger partial charge in [0.15, 0.2) is 0 Å². The molecular formula is C42H92NO2S+. The second-order valence-electron chi connectivity index (χ2n) is 13.8. The first-order valence-corrected chi connectivity index (χ1v) is 22.1. The molecule has 0 aliphatic rings. The zero-order valence-electron chi connectivity index (χ0n) is 33.0. The number of unbranched alkanes of at least 4 members (excludes halogenated alkanes) is 30. The van der Waals surface area contributed by atoms with Crippen molar-refractivity contribution >= 4 is 12.6 Å². The second kappa shape index (κ2) is 52.1. The number of ether oxygens (including phenoxy) is 1. The van der Waals surface area contributed by atoms with Gasteiger partial charge in [-0.15, -0.1) is 0 Å². The lowest BCUT2D eigenvalue weighted by atomic mass is 10.0. The Balaban J connectivity index is -0.00000180. The van der Waals surface area contributed by atoms with E-state index in [2.05, 4.69) is 38.3 Å². The molecule has 3 nitrogen and oxygen atoms in total. The minimum absolute atomic E-state index is 0.268. The molecule has 0 aliphatic carbocycles. The van der Waals surface area contributed by atoms with Gasteiger partial charge in [0.25, 0.3) is 0 Å². The van der Waals surface area contributed by atoms with Gasteiger partial charge in [0, 0.05) is 19.8 Å². The van der Waals surface area contributed by atoms with E-state index in [-0.39, 0.29) is 6.61 Å². The van der Waals surface area contributed by atoms with E-state index in [9.17, 15) is 0 Å². The van der Waals surface area contributed by atoms with Crippen molar-refractivity contribution in [3.8, 4) is 0 Å². The summed E-state index contributed by atoms with van der Waals surface area (Å²) in [4.78, 5) is 2.06. The number of hydrogen-bond acceptors (Lipinski definition) is 3. The third-order valence-corrected chi connectivity index (χ3v) is 9.31. The molecule has 0 unspecified atom stereocenters. The summed E-state index contributed by atoms with van der Waals surface area (Å²) in [5, 5.41) is 8.33. The van der Waals surface area contributed by atoms with Gasteiger partial charge in [0.1, 0.15) is 0 Å². The Labute approximate surface area is 299 Å². The van der Waals surface area contributed by atoms with Crippen LogP contribution in [0.5, 0.6) is 0 Å². The number of aliphatic hydroxyl groups excluding tert-OH is 1. The third-order valence-electron chi connectivity index (χ3n) is 9.31. The number of hydrogen-bond donors (Lipinski definition) is 1. The summed E-state index contributed by atoms with van der Waals surface area (Å²) in [6.07, 6.45) is 47.8. The number of likely N-dealkylation sites (N-methyl/N-ethyl adjacent to an activating group) is 1. The molecule has 0 aromatic carbocycles. The molecule has 0 heterocycles. The average molecular weight is 675 g/mol. The van der Waals surface area contributed by atoms with Gasteiger partial charge < -0.3 is 14.7 Å². The molecule has 0 radical (unpaired) electrons. The molecule has 1 N–H and O–H groups in total. The van der Waals surface area contributed by atoms with Gasteiger partial charge in [0.05, 0.1) is 12.9 Å². The first-order valence-electron chi connectivity index (χ1n) is 21.1. The Morgan fingerprint density at radius 1 is 0.391 bits per heavy atom. The summed E-state index contributed by atoms with van der Waals surface area (Å²) in [5.74, 6) is 0. The van der Waals surface area contributed by atoms with Crippen LogP contribution >= 0.6 is 0 Å². The van der Waals surface area contributed by atoms with Crippen LogP contribution < -0.4 is 0 Å². The minimum atomic E-state index is 0.268. The molecule has 0 saturated carbocycles. The fourth-order valence-corrected chi connectivity index (χ4v) is 5.94. The van der Waals surface area contributed by atoms with Crippen LogP contribution in [0, 0.1) is 0 Å². The summed E-state index contributed by atoms with van der Waals surface area (Å²) in [7, 11) is 1.98. The van der Waals surface area contributed by atoms with Crippen molar-refractivity contribution in [3.05, 3.63) is 0 Å². The molecule has 4 heteroatoms. The lowest BCUT2D eigenvalue weighted by Gasteiger charge is -2.09. The van der Waals surface area contributed by atoms with E-state index in [0.29, 0.717) is 0 Å². The predicted octanol–water partition coefficient (Wildman–Crippen LogP) is 13.1. The minimum Gasteiger partial charge on any atom is -0.395 e. The Kier molecular flexibility index (Phi) is 57.3. The van der Waals surface area contributed by atoms with Crippen LogP contribution in [-0.4, -0.2) is 56.2 Å². The van der Waals surface area contributed by atoms with E-state index in [1.807, 2.05) is 7.05 Å². The first-order chi connectivity index (χ1) is 22.7. The highest BCUT2D eigenvalue weighted by atomic mass is 32.1. The van der Waals surface area contributed by atoms with E-state index in [4.69, 9.17) is 9.84 Å². The molecular weight excluding hydrogens is 583 g/mol. The lowest BCUT2D eigenvalue weighted by molar-refractivity contribution is 0.125. The van der Waals surface area contributed by atoms with Crippen molar-refractivity contribution in [2.45, 2.75) is 226 Å². The fourth-order valence-electron chi connectivity index (χ4n) is 5.94. The molecule has 0 atom stereocenters. The third kappa shape index (κ3) is 53.7. The highest BCUT2D eigenvalue weighted by molar-refractivity contribution is 7.57. The molecule has 46 heavy (non-hydrogen) atoms. The summed E-state index contributed by atoms with van der Waals surface area (Å²) in [6.45, 7) is 10.7. The van der Waals surface area contributed by atoms with Crippen LogP contribution in [0.25, 0.3) is 0 Å². The molecule has 0 bridgehead atoms. The van der Waals surface area contributed by atoms with Crippen LogP contribution in [0.3, 0.4) is 0 Å². The van der Waals surface area contributed by atoms with Gasteiger partial charge in [-0.2, -0.15) is 0 Å². The van der Waals surface area contributed by atoms with E-state index >= 15 is 0 Å². The maximum Gasteiger partial charge on any atom is 0.0929 e. The molecule has 282 valence electrons. The summed E-state index contributed by atoms with van der Waals surface area (Å²) in [5.41, 5.74) is 0. The Morgan fingerprint density at radius 2 is 0.609 bits per heavy atom. The smallest absolute Gasteiger partial charge is 0.0929 e. The number of rotatable bonds is 37. The van der Waals surface area contributed by atoms with E-state index in [1.54, 1.807) is 6.26 Å². The maximum absolute atomic E-state index is 8.33. The van der Waals surface area contributed by atoms with Crippen LogP contribution in [0.1, 0.15) is 226 Å². The van der Waals surface area contributed by atoms with Crippen LogP contribution in [0.15, 0.2) is 0 Å². The van der Waals surface area contributed by atoms with Crippen molar-refractivity contribution in [1.82, 2.24) is 4.90 Å². The zero-order valence-corrected chi connectivity index (χ0v) is 34.0. The monoisotopic (exact) mass is 675 g/mol. The molecule has 0 rings (SSSR count). The average Bonchev–Trinajstić information content (AvgIpc) is 3.08. The number of nitrogens with zero attached hydrogens (tertiary/aromatic N) is 1. The Bertz CT molecular complexity index is 431. The standard InChI is InChI=1S/C36H74O.C5H13NO.CH4S/c1-3-5-7-9-11-13-15-17-19-21-23-25-27-29-31-33-35-37-36-34-32-30-28-26-24-22-20-18-16-14-12-10-8-6-4-2;1-3-6(2)4-5-7;1-2/h3-36H2,1-2H3;7H,3-5H2,1-2H3;2H,1H3/p+1. The Hall–Kier alpha value is 0.230. The van der Waals surface area contributed by atoms with Crippen LogP contribution in [0.2, 0.25) is 0 Å². The molecule has 0 aromatic rings. The zero-order chi connectivity index (χ0) is 34.4. The van der Waals surface area contributed by atoms with Crippen molar-refractivity contribution < 1.29 is 9.84 Å². The predicted molar refractivity (Wildman–Crippen MR) is 216 cm³/mol. The summed E-state index contributed by atoms with van der Waals surface area (Å²) >= 11 is 2.97. The molecule has 0 aromatic heterocycles. The summed E-state index contributed by atoms with van der Waals surface area (Å²) in [6, 6.07) is 0. The number of aliphatic hydroxyl groups is 1. The lowest BCUT2D eigenvalue weighted by Crippen LogP contribution is -2.20. The Morgan fingerprint density at radius 3 is 0.783 bits per heavy atom. The fraction of sp³-hybridized carbons (Fsp3) is 1.00. The van der Waals surface area contributed by atoms with Crippen LogP contribution in [-0.2, 0) is 17.4 Å². The molecule has 0 amide bonds. The van der Waals surface area contributed by atoms with Gasteiger partial charge in [-0.1, -0.05) is 213 Å². The molecule has 0 saturated heterocycles. The maximum atomic E-state index is 8.33. The summed E-state index contributed by atoms with van der Waals surface area (Å²) < 4.78 is 5.87. The normalized spacial score (nSPS) is 11.0. The van der Waals surface area contributed by atoms with Crippen LogP contribution in [0.4, 0.5) is 0 Å².